The van der Waals surface area contributed by atoms with Gasteiger partial charge in [0, 0.05) is 38.6 Å². The Hall–Kier alpha value is -2.96. The van der Waals surface area contributed by atoms with E-state index in [0.717, 1.165) is 43.0 Å². The first-order valence-electron chi connectivity index (χ1n) is 10.2. The summed E-state index contributed by atoms with van der Waals surface area (Å²) in [6, 6.07) is 19.0. The summed E-state index contributed by atoms with van der Waals surface area (Å²) in [5, 5.41) is 3.40. The van der Waals surface area contributed by atoms with E-state index in [0.29, 0.717) is 0 Å². The standard InChI is InChI=1S/C23H26N6/c1-23(24-12-7-13-25-23)29-16-14-28(15-17-29)21(18-8-3-2-4-9-18)22-26-19-10-5-6-11-20(19)27-22/h2-13,21,24H,14-17H2,1H3,(H,26,27). The Morgan fingerprint density at radius 1 is 0.966 bits per heavy atom. The molecule has 0 spiro atoms. The fraction of sp³-hybridized carbons (Fsp3) is 0.304. The van der Waals surface area contributed by atoms with Crippen molar-refractivity contribution in [2.45, 2.75) is 18.8 Å². The van der Waals surface area contributed by atoms with Crippen LogP contribution in [0.5, 0.6) is 0 Å². The van der Waals surface area contributed by atoms with Crippen molar-refractivity contribution in [2.75, 3.05) is 26.2 Å². The summed E-state index contributed by atoms with van der Waals surface area (Å²) in [7, 11) is 0. The van der Waals surface area contributed by atoms with E-state index in [9.17, 15) is 0 Å². The molecule has 3 aromatic rings. The molecular formula is C23H26N6. The van der Waals surface area contributed by atoms with Crippen molar-refractivity contribution in [3.8, 4) is 0 Å². The van der Waals surface area contributed by atoms with Crippen LogP contribution in [0.3, 0.4) is 0 Å². The third-order valence-electron chi connectivity index (χ3n) is 5.94. The highest BCUT2D eigenvalue weighted by atomic mass is 15.4. The zero-order valence-corrected chi connectivity index (χ0v) is 16.6. The first-order chi connectivity index (χ1) is 14.2. The average Bonchev–Trinajstić information content (AvgIpc) is 3.19. The van der Waals surface area contributed by atoms with Crippen molar-refractivity contribution >= 4 is 17.2 Å². The predicted molar refractivity (Wildman–Crippen MR) is 117 cm³/mol. The monoisotopic (exact) mass is 386 g/mol. The van der Waals surface area contributed by atoms with Gasteiger partial charge in [-0.25, -0.2) is 4.98 Å². The molecule has 2 atom stereocenters. The van der Waals surface area contributed by atoms with Gasteiger partial charge in [0.15, 0.2) is 5.79 Å². The summed E-state index contributed by atoms with van der Waals surface area (Å²) in [5.41, 5.74) is 3.37. The number of para-hydroxylation sites is 2. The number of nitrogens with zero attached hydrogens (tertiary/aromatic N) is 4. The quantitative estimate of drug-likeness (QED) is 0.723. The molecule has 1 saturated heterocycles. The first kappa shape index (κ1) is 18.1. The highest BCUT2D eigenvalue weighted by molar-refractivity contribution is 5.75. The molecule has 1 fully saturated rings. The Kier molecular flexibility index (Phi) is 4.66. The fourth-order valence-electron chi connectivity index (χ4n) is 4.34. The minimum absolute atomic E-state index is 0.112. The van der Waals surface area contributed by atoms with E-state index in [1.54, 1.807) is 0 Å². The van der Waals surface area contributed by atoms with Crippen LogP contribution in [0.2, 0.25) is 0 Å². The molecule has 0 amide bonds. The van der Waals surface area contributed by atoms with Gasteiger partial charge in [0.2, 0.25) is 0 Å². The maximum absolute atomic E-state index is 4.93. The minimum atomic E-state index is -0.359. The molecule has 2 aromatic carbocycles. The number of rotatable bonds is 4. The van der Waals surface area contributed by atoms with Gasteiger partial charge in [-0.05, 0) is 30.7 Å². The lowest BCUT2D eigenvalue weighted by atomic mass is 10.0. The largest absolute Gasteiger partial charge is 0.355 e. The van der Waals surface area contributed by atoms with Crippen LogP contribution in [0.25, 0.3) is 11.0 Å². The van der Waals surface area contributed by atoms with Gasteiger partial charge >= 0.3 is 0 Å². The number of aromatic nitrogens is 2. The normalized spacial score (nSPS) is 23.9. The van der Waals surface area contributed by atoms with Gasteiger partial charge in [-0.15, -0.1) is 0 Å². The third-order valence-corrected chi connectivity index (χ3v) is 5.94. The Morgan fingerprint density at radius 3 is 2.45 bits per heavy atom. The molecule has 0 bridgehead atoms. The second kappa shape index (κ2) is 7.46. The van der Waals surface area contributed by atoms with E-state index in [1.165, 1.54) is 5.56 Å². The fourth-order valence-corrected chi connectivity index (χ4v) is 4.34. The van der Waals surface area contributed by atoms with Crippen LogP contribution in [-0.4, -0.2) is 57.9 Å². The lowest BCUT2D eigenvalue weighted by molar-refractivity contribution is 0.0232. The van der Waals surface area contributed by atoms with E-state index >= 15 is 0 Å². The smallest absolute Gasteiger partial charge is 0.183 e. The number of allylic oxidation sites excluding steroid dienone is 1. The van der Waals surface area contributed by atoms with Crippen LogP contribution in [0, 0.1) is 0 Å². The molecule has 0 saturated carbocycles. The summed E-state index contributed by atoms with van der Waals surface area (Å²) >= 11 is 0. The molecular weight excluding hydrogens is 360 g/mol. The molecule has 6 nitrogen and oxygen atoms in total. The van der Waals surface area contributed by atoms with Crippen LogP contribution >= 0.6 is 0 Å². The summed E-state index contributed by atoms with van der Waals surface area (Å²) in [4.78, 5) is 18.1. The molecule has 3 heterocycles. The van der Waals surface area contributed by atoms with E-state index in [4.69, 9.17) is 4.98 Å². The number of benzene rings is 2. The van der Waals surface area contributed by atoms with E-state index in [2.05, 4.69) is 74.5 Å². The Morgan fingerprint density at radius 2 is 1.72 bits per heavy atom. The highest BCUT2D eigenvalue weighted by Crippen LogP contribution is 2.30. The molecule has 6 heteroatoms. The number of fused-ring (bicyclic) bond motifs is 1. The topological polar surface area (TPSA) is 59.5 Å². The van der Waals surface area contributed by atoms with Gasteiger partial charge < -0.3 is 10.3 Å². The number of aliphatic imine (C=N–C) groups is 1. The number of imidazole rings is 1. The maximum atomic E-state index is 4.93. The minimum Gasteiger partial charge on any atom is -0.355 e. The van der Waals surface area contributed by atoms with Crippen LogP contribution in [0.1, 0.15) is 24.4 Å². The molecule has 1 aromatic heterocycles. The lowest BCUT2D eigenvalue weighted by Gasteiger charge is -2.45. The number of nitrogens with one attached hydrogen (secondary N) is 2. The molecule has 0 radical (unpaired) electrons. The van der Waals surface area contributed by atoms with E-state index in [1.807, 2.05) is 30.6 Å². The van der Waals surface area contributed by atoms with Crippen molar-refractivity contribution in [1.82, 2.24) is 25.1 Å². The molecule has 2 unspecified atom stereocenters. The van der Waals surface area contributed by atoms with Crippen molar-refractivity contribution < 1.29 is 0 Å². The summed E-state index contributed by atoms with van der Waals surface area (Å²) < 4.78 is 0. The van der Waals surface area contributed by atoms with E-state index < -0.39 is 0 Å². The van der Waals surface area contributed by atoms with Crippen LogP contribution in [0.4, 0.5) is 0 Å². The predicted octanol–water partition coefficient (Wildman–Crippen LogP) is 3.13. The molecule has 148 valence electrons. The van der Waals surface area contributed by atoms with Crippen LogP contribution in [-0.2, 0) is 0 Å². The zero-order valence-electron chi connectivity index (χ0n) is 16.6. The van der Waals surface area contributed by atoms with Crippen molar-refractivity contribution in [3.63, 3.8) is 0 Å². The second-order valence-corrected chi connectivity index (χ2v) is 7.78. The Balaban J connectivity index is 1.42. The zero-order chi connectivity index (χ0) is 19.7. The molecule has 29 heavy (non-hydrogen) atoms. The van der Waals surface area contributed by atoms with Crippen LogP contribution < -0.4 is 5.32 Å². The van der Waals surface area contributed by atoms with Crippen molar-refractivity contribution in [3.05, 3.63) is 78.3 Å². The Labute approximate surface area is 171 Å². The molecule has 2 aliphatic rings. The van der Waals surface area contributed by atoms with Gasteiger partial charge in [0.05, 0.1) is 17.1 Å². The van der Waals surface area contributed by atoms with Crippen molar-refractivity contribution in [2.24, 2.45) is 4.99 Å². The SMILES string of the molecule is CC1(N2CCN(C(c3ccccc3)c3nc4ccccc4[nH]3)CC2)N=CC=CN1. The summed E-state index contributed by atoms with van der Waals surface area (Å²) in [5.74, 6) is 0.649. The van der Waals surface area contributed by atoms with E-state index in [-0.39, 0.29) is 11.8 Å². The van der Waals surface area contributed by atoms with Gasteiger partial charge in [-0.1, -0.05) is 42.5 Å². The third kappa shape index (κ3) is 3.45. The number of H-pyrrole nitrogens is 1. The molecule has 0 aliphatic carbocycles. The summed E-state index contributed by atoms with van der Waals surface area (Å²) in [6.45, 7) is 5.92. The Bertz CT molecular complexity index is 999. The molecule has 2 N–H and O–H groups in total. The van der Waals surface area contributed by atoms with Gasteiger partial charge in [-0.2, -0.15) is 0 Å². The number of aromatic amines is 1. The van der Waals surface area contributed by atoms with Crippen molar-refractivity contribution in [1.29, 1.82) is 0 Å². The molecule has 2 aliphatic heterocycles. The number of hydrogen-bond acceptors (Lipinski definition) is 5. The highest BCUT2D eigenvalue weighted by Gasteiger charge is 2.36. The first-order valence-corrected chi connectivity index (χ1v) is 10.2. The number of hydrogen-bond donors (Lipinski definition) is 2. The number of piperazine rings is 1. The lowest BCUT2D eigenvalue weighted by Crippen LogP contribution is -2.61. The maximum Gasteiger partial charge on any atom is 0.183 e. The molecule has 5 rings (SSSR count). The summed E-state index contributed by atoms with van der Waals surface area (Å²) in [6.07, 6.45) is 5.79. The van der Waals surface area contributed by atoms with Gasteiger partial charge in [-0.3, -0.25) is 14.8 Å². The second-order valence-electron chi connectivity index (χ2n) is 7.78. The average molecular weight is 387 g/mol. The van der Waals surface area contributed by atoms with Crippen LogP contribution in [0.15, 0.2) is 71.9 Å². The van der Waals surface area contributed by atoms with Gasteiger partial charge in [0.1, 0.15) is 5.82 Å². The van der Waals surface area contributed by atoms with Gasteiger partial charge in [0.25, 0.3) is 0 Å².